The van der Waals surface area contributed by atoms with Gasteiger partial charge in [0.1, 0.15) is 0 Å². The van der Waals surface area contributed by atoms with Crippen LogP contribution in [-0.4, -0.2) is 40.3 Å². The Bertz CT molecular complexity index is 315. The fourth-order valence-corrected chi connectivity index (χ4v) is 3.18. The molecule has 0 radical (unpaired) electrons. The van der Waals surface area contributed by atoms with Crippen LogP contribution in [0.1, 0.15) is 32.1 Å². The number of halogens is 1. The predicted octanol–water partition coefficient (Wildman–Crippen LogP) is 1.74. The Balaban J connectivity index is 2.24. The maximum Gasteiger partial charge on any atom is 0.211 e. The second-order valence-electron chi connectivity index (χ2n) is 4.78. The molecule has 0 aliphatic heterocycles. The van der Waals surface area contributed by atoms with Gasteiger partial charge in [-0.25, -0.2) is 13.1 Å². The first-order chi connectivity index (χ1) is 8.04. The van der Waals surface area contributed by atoms with Gasteiger partial charge >= 0.3 is 0 Å². The lowest BCUT2D eigenvalue weighted by Gasteiger charge is -2.15. The quantitative estimate of drug-likeness (QED) is 0.491. The molecule has 1 aliphatic carbocycles. The minimum absolute atomic E-state index is 0.162. The van der Waals surface area contributed by atoms with Gasteiger partial charge in [-0.3, -0.25) is 0 Å². The van der Waals surface area contributed by atoms with Crippen LogP contribution in [0.3, 0.4) is 0 Å². The molecule has 0 saturated heterocycles. The molecule has 1 N–H and O–H groups in total. The Morgan fingerprint density at radius 3 is 2.59 bits per heavy atom. The van der Waals surface area contributed by atoms with Gasteiger partial charge in [0.2, 0.25) is 10.0 Å². The second-order valence-corrected chi connectivity index (χ2v) is 7.08. The standard InChI is InChI=1S/C11H22ClNO3S/c1-16-8-6-11(4-5-11)10-13-17(14,15)9-3-2-7-12/h13H,2-10H2,1H3. The van der Waals surface area contributed by atoms with Gasteiger partial charge in [-0.2, -0.15) is 0 Å². The zero-order valence-electron chi connectivity index (χ0n) is 10.4. The second kappa shape index (κ2) is 6.92. The molecule has 1 saturated carbocycles. The lowest BCUT2D eigenvalue weighted by atomic mass is 10.0. The van der Waals surface area contributed by atoms with Gasteiger partial charge < -0.3 is 4.74 Å². The maximum absolute atomic E-state index is 11.7. The van der Waals surface area contributed by atoms with Crippen molar-refractivity contribution in [2.45, 2.75) is 32.1 Å². The largest absolute Gasteiger partial charge is 0.385 e. The van der Waals surface area contributed by atoms with E-state index in [2.05, 4.69) is 4.72 Å². The Kier molecular flexibility index (Phi) is 6.20. The summed E-state index contributed by atoms with van der Waals surface area (Å²) < 4.78 is 31.1. The van der Waals surface area contributed by atoms with E-state index in [1.165, 1.54) is 0 Å². The van der Waals surface area contributed by atoms with Crippen molar-refractivity contribution >= 4 is 21.6 Å². The molecule has 1 aliphatic rings. The molecule has 1 rings (SSSR count). The smallest absolute Gasteiger partial charge is 0.211 e. The molecule has 0 aromatic carbocycles. The van der Waals surface area contributed by atoms with E-state index < -0.39 is 10.0 Å². The lowest BCUT2D eigenvalue weighted by Crippen LogP contribution is -2.32. The van der Waals surface area contributed by atoms with Crippen molar-refractivity contribution in [1.82, 2.24) is 4.72 Å². The Morgan fingerprint density at radius 2 is 2.06 bits per heavy atom. The molecule has 102 valence electrons. The van der Waals surface area contributed by atoms with Gasteiger partial charge in [0.25, 0.3) is 0 Å². The van der Waals surface area contributed by atoms with Crippen LogP contribution in [0.25, 0.3) is 0 Å². The SMILES string of the molecule is COCCC1(CNS(=O)(=O)CCCCCl)CC1. The van der Waals surface area contributed by atoms with Crippen molar-refractivity contribution in [2.75, 3.05) is 31.9 Å². The number of ether oxygens (including phenoxy) is 1. The van der Waals surface area contributed by atoms with Crippen LogP contribution in [0.15, 0.2) is 0 Å². The van der Waals surface area contributed by atoms with Gasteiger partial charge in [0, 0.05) is 26.1 Å². The van der Waals surface area contributed by atoms with Crippen molar-refractivity contribution in [3.8, 4) is 0 Å². The van der Waals surface area contributed by atoms with Crippen molar-refractivity contribution in [1.29, 1.82) is 0 Å². The molecule has 0 heterocycles. The number of methoxy groups -OCH3 is 1. The summed E-state index contributed by atoms with van der Waals surface area (Å²) in [6.45, 7) is 1.26. The molecule has 0 bridgehead atoms. The van der Waals surface area contributed by atoms with E-state index in [9.17, 15) is 8.42 Å². The molecule has 0 amide bonds. The average molecular weight is 284 g/mol. The summed E-state index contributed by atoms with van der Waals surface area (Å²) in [5, 5.41) is 0. The molecule has 6 heteroatoms. The first-order valence-electron chi connectivity index (χ1n) is 6.06. The Morgan fingerprint density at radius 1 is 1.35 bits per heavy atom. The summed E-state index contributed by atoms with van der Waals surface area (Å²) in [6, 6.07) is 0. The van der Waals surface area contributed by atoms with Crippen molar-refractivity contribution in [3.63, 3.8) is 0 Å². The van der Waals surface area contributed by atoms with Crippen LogP contribution in [-0.2, 0) is 14.8 Å². The summed E-state index contributed by atoms with van der Waals surface area (Å²) >= 11 is 5.52. The number of rotatable bonds is 10. The fourth-order valence-electron chi connectivity index (χ4n) is 1.73. The zero-order valence-corrected chi connectivity index (χ0v) is 11.9. The maximum atomic E-state index is 11.7. The Hall–Kier alpha value is 0.160. The van der Waals surface area contributed by atoms with E-state index in [1.54, 1.807) is 7.11 Å². The Labute approximate surface area is 109 Å². The molecule has 0 atom stereocenters. The topological polar surface area (TPSA) is 55.4 Å². The molecule has 0 unspecified atom stereocenters. The third-order valence-electron chi connectivity index (χ3n) is 3.26. The fraction of sp³-hybridized carbons (Fsp3) is 1.00. The average Bonchev–Trinajstić information content (AvgIpc) is 3.05. The summed E-state index contributed by atoms with van der Waals surface area (Å²) in [4.78, 5) is 0. The highest BCUT2D eigenvalue weighted by Gasteiger charge is 2.42. The highest BCUT2D eigenvalue weighted by atomic mass is 35.5. The van der Waals surface area contributed by atoms with E-state index in [1.807, 2.05) is 0 Å². The molecule has 0 aromatic heterocycles. The minimum atomic E-state index is -3.12. The number of nitrogens with one attached hydrogen (secondary N) is 1. The van der Waals surface area contributed by atoms with Crippen LogP contribution in [0.2, 0.25) is 0 Å². The number of hydrogen-bond acceptors (Lipinski definition) is 3. The number of unbranched alkanes of at least 4 members (excludes halogenated alkanes) is 1. The van der Waals surface area contributed by atoms with Gasteiger partial charge in [-0.1, -0.05) is 0 Å². The highest BCUT2D eigenvalue weighted by Crippen LogP contribution is 2.48. The van der Waals surface area contributed by atoms with Crippen LogP contribution < -0.4 is 4.72 Å². The summed E-state index contributed by atoms with van der Waals surface area (Å²) in [7, 11) is -1.45. The minimum Gasteiger partial charge on any atom is -0.385 e. The van der Waals surface area contributed by atoms with Gasteiger partial charge in [0.15, 0.2) is 0 Å². The molecule has 0 spiro atoms. The monoisotopic (exact) mass is 283 g/mol. The van der Waals surface area contributed by atoms with Crippen molar-refractivity contribution in [2.24, 2.45) is 5.41 Å². The summed E-state index contributed by atoms with van der Waals surface area (Å²) in [5.41, 5.74) is 0.162. The van der Waals surface area contributed by atoms with Crippen LogP contribution in [0.5, 0.6) is 0 Å². The number of hydrogen-bond donors (Lipinski definition) is 1. The molecule has 1 fully saturated rings. The van der Waals surface area contributed by atoms with Crippen LogP contribution in [0, 0.1) is 5.41 Å². The third kappa shape index (κ3) is 6.04. The van der Waals surface area contributed by atoms with E-state index in [4.69, 9.17) is 16.3 Å². The van der Waals surface area contributed by atoms with Crippen LogP contribution in [0.4, 0.5) is 0 Å². The van der Waals surface area contributed by atoms with E-state index in [-0.39, 0.29) is 11.2 Å². The van der Waals surface area contributed by atoms with Gasteiger partial charge in [0.05, 0.1) is 5.75 Å². The highest BCUT2D eigenvalue weighted by molar-refractivity contribution is 7.89. The van der Waals surface area contributed by atoms with Gasteiger partial charge in [-0.05, 0) is 37.5 Å². The first-order valence-corrected chi connectivity index (χ1v) is 8.24. The first kappa shape index (κ1) is 15.2. The number of sulfonamides is 1. The summed E-state index contributed by atoms with van der Waals surface area (Å²) in [5.74, 6) is 0.702. The summed E-state index contributed by atoms with van der Waals surface area (Å²) in [6.07, 6.45) is 4.51. The predicted molar refractivity (Wildman–Crippen MR) is 69.9 cm³/mol. The third-order valence-corrected chi connectivity index (χ3v) is 4.93. The molecule has 4 nitrogen and oxygen atoms in total. The molecular formula is C11H22ClNO3S. The normalized spacial score (nSPS) is 18.2. The molecular weight excluding hydrogens is 262 g/mol. The van der Waals surface area contributed by atoms with E-state index in [0.29, 0.717) is 25.5 Å². The van der Waals surface area contributed by atoms with E-state index in [0.717, 1.165) is 25.7 Å². The zero-order chi connectivity index (χ0) is 12.8. The molecule has 17 heavy (non-hydrogen) atoms. The van der Waals surface area contributed by atoms with Gasteiger partial charge in [-0.15, -0.1) is 11.6 Å². The van der Waals surface area contributed by atoms with E-state index >= 15 is 0 Å². The number of alkyl halides is 1. The van der Waals surface area contributed by atoms with Crippen LogP contribution >= 0.6 is 11.6 Å². The lowest BCUT2D eigenvalue weighted by molar-refractivity contribution is 0.173. The van der Waals surface area contributed by atoms with Crippen molar-refractivity contribution in [3.05, 3.63) is 0 Å². The molecule has 0 aromatic rings. The van der Waals surface area contributed by atoms with Crippen molar-refractivity contribution < 1.29 is 13.2 Å².